The standard InChI is InChI=1S/C18H29NO4.CH4O.W/c1-2-3-4-5-6-11-21-12-13-22-14-15-23-19-18-9-7-17(16-20)8-10-18;1-2;/h7-10,16H,2-6,11-15H2,1H3,(H,19,20);2H,1H3;/p-1. The Balaban J connectivity index is 0. The predicted octanol–water partition coefficient (Wildman–Crippen LogP) is 4.05. The number of aliphatic hydroxyl groups excluding tert-OH is 1. The summed E-state index contributed by atoms with van der Waals surface area (Å²) < 4.78 is 10.9. The van der Waals surface area contributed by atoms with Gasteiger partial charge in [0, 0.05) is 40.3 Å². The topological polar surface area (TPSA) is 79.1 Å². The van der Waals surface area contributed by atoms with Gasteiger partial charge in [0.05, 0.1) is 26.4 Å². The molecule has 150 valence electrons. The molecule has 0 heterocycles. The van der Waals surface area contributed by atoms with Crippen molar-refractivity contribution in [2.75, 3.05) is 40.1 Å². The zero-order chi connectivity index (χ0) is 18.6. The van der Waals surface area contributed by atoms with Gasteiger partial charge in [-0.25, -0.2) is 0 Å². The molecule has 26 heavy (non-hydrogen) atoms. The SMILES string of the molecule is CCCCCCCOCCOCCO[N-]c1ccc(C=O)cc1.CO.[W]. The number of hydrogen-bond acceptors (Lipinski definition) is 5. The van der Waals surface area contributed by atoms with Crippen molar-refractivity contribution in [3.05, 3.63) is 35.3 Å². The first-order valence-corrected chi connectivity index (χ1v) is 8.85. The molecule has 0 spiro atoms. The molecule has 0 atom stereocenters. The van der Waals surface area contributed by atoms with Gasteiger partial charge in [-0.15, -0.1) is 5.69 Å². The number of carbonyl (C=O) groups excluding carboxylic acids is 1. The van der Waals surface area contributed by atoms with Gasteiger partial charge in [0.25, 0.3) is 0 Å². The molecule has 0 aromatic heterocycles. The van der Waals surface area contributed by atoms with Crippen molar-refractivity contribution in [2.24, 2.45) is 0 Å². The summed E-state index contributed by atoms with van der Waals surface area (Å²) in [5, 5.41) is 7.00. The summed E-state index contributed by atoms with van der Waals surface area (Å²) in [6, 6.07) is 6.87. The van der Waals surface area contributed by atoms with Crippen molar-refractivity contribution in [2.45, 2.75) is 39.0 Å². The Bertz CT molecular complexity index is 403. The van der Waals surface area contributed by atoms with Crippen molar-refractivity contribution < 1.29 is 45.3 Å². The van der Waals surface area contributed by atoms with Crippen molar-refractivity contribution in [3.8, 4) is 0 Å². The summed E-state index contributed by atoms with van der Waals surface area (Å²) in [6.45, 7) is 5.11. The third-order valence-electron chi connectivity index (χ3n) is 3.28. The van der Waals surface area contributed by atoms with Crippen LogP contribution in [0.3, 0.4) is 0 Å². The molecule has 6 nitrogen and oxygen atoms in total. The number of ether oxygens (including phenoxy) is 2. The minimum absolute atomic E-state index is 0. The normalized spacial score (nSPS) is 9.65. The fourth-order valence-corrected chi connectivity index (χ4v) is 1.96. The van der Waals surface area contributed by atoms with Crippen LogP contribution in [0.2, 0.25) is 0 Å². The molecule has 1 aromatic carbocycles. The van der Waals surface area contributed by atoms with Crippen molar-refractivity contribution >= 4 is 12.0 Å². The van der Waals surface area contributed by atoms with Crippen LogP contribution in [0.25, 0.3) is 5.48 Å². The zero-order valence-electron chi connectivity index (χ0n) is 15.9. The average Bonchev–Trinajstić information content (AvgIpc) is 2.67. The Morgan fingerprint density at radius 1 is 0.885 bits per heavy atom. The van der Waals surface area contributed by atoms with E-state index in [-0.39, 0.29) is 21.1 Å². The van der Waals surface area contributed by atoms with E-state index in [1.165, 1.54) is 25.7 Å². The van der Waals surface area contributed by atoms with E-state index in [2.05, 4.69) is 12.4 Å². The van der Waals surface area contributed by atoms with Crippen molar-refractivity contribution in [1.82, 2.24) is 0 Å². The molecule has 0 bridgehead atoms. The summed E-state index contributed by atoms with van der Waals surface area (Å²) in [7, 11) is 1.00. The molecule has 0 aliphatic rings. The summed E-state index contributed by atoms with van der Waals surface area (Å²) in [5.41, 5.74) is 5.24. The second-order valence-electron chi connectivity index (χ2n) is 5.27. The fourth-order valence-electron chi connectivity index (χ4n) is 1.96. The summed E-state index contributed by atoms with van der Waals surface area (Å²) in [6.07, 6.45) is 7.06. The first-order chi connectivity index (χ1) is 12.4. The van der Waals surface area contributed by atoms with Crippen molar-refractivity contribution in [3.63, 3.8) is 0 Å². The Morgan fingerprint density at radius 2 is 1.46 bits per heavy atom. The first kappa shape index (κ1) is 27.4. The van der Waals surface area contributed by atoms with Crippen LogP contribution >= 0.6 is 0 Å². The van der Waals surface area contributed by atoms with Crippen LogP contribution in [-0.2, 0) is 35.4 Å². The maximum absolute atomic E-state index is 10.5. The zero-order valence-corrected chi connectivity index (χ0v) is 18.8. The molecule has 0 unspecified atom stereocenters. The van der Waals surface area contributed by atoms with Gasteiger partial charge >= 0.3 is 0 Å². The number of carbonyl (C=O) groups is 1. The van der Waals surface area contributed by atoms with Gasteiger partial charge in [-0.1, -0.05) is 56.9 Å². The Morgan fingerprint density at radius 3 is 2.08 bits per heavy atom. The monoisotopic (exact) mass is 538 g/mol. The molecule has 0 aliphatic carbocycles. The van der Waals surface area contributed by atoms with Crippen LogP contribution in [0.15, 0.2) is 24.3 Å². The fraction of sp³-hybridized carbons (Fsp3) is 0.632. The second-order valence-corrected chi connectivity index (χ2v) is 5.27. The maximum Gasteiger partial charge on any atom is 0.150 e. The minimum atomic E-state index is 0. The number of benzene rings is 1. The van der Waals surface area contributed by atoms with Crippen LogP contribution < -0.4 is 0 Å². The van der Waals surface area contributed by atoms with Crippen LogP contribution in [0.1, 0.15) is 49.4 Å². The van der Waals surface area contributed by atoms with E-state index in [4.69, 9.17) is 19.4 Å². The van der Waals surface area contributed by atoms with Gasteiger partial charge in [0.2, 0.25) is 0 Å². The predicted molar refractivity (Wildman–Crippen MR) is 99.3 cm³/mol. The molecule has 0 saturated carbocycles. The van der Waals surface area contributed by atoms with Gasteiger partial charge in [0.15, 0.2) is 0 Å². The van der Waals surface area contributed by atoms with E-state index in [1.807, 2.05) is 0 Å². The molecule has 1 N–H and O–H groups in total. The average molecular weight is 538 g/mol. The summed E-state index contributed by atoms with van der Waals surface area (Å²) in [5.74, 6) is 0. The Labute approximate surface area is 171 Å². The largest absolute Gasteiger partial charge is 0.562 e. The molecule has 1 aromatic rings. The van der Waals surface area contributed by atoms with Gasteiger partial charge in [-0.2, -0.15) is 0 Å². The molecule has 7 heteroatoms. The number of aldehydes is 1. The Kier molecular flexibility index (Phi) is 23.5. The number of rotatable bonds is 15. The van der Waals surface area contributed by atoms with E-state index >= 15 is 0 Å². The van der Waals surface area contributed by atoms with E-state index < -0.39 is 0 Å². The van der Waals surface area contributed by atoms with Crippen molar-refractivity contribution in [1.29, 1.82) is 0 Å². The number of nitrogens with zero attached hydrogens (tertiary/aromatic N) is 1. The molecule has 0 amide bonds. The number of aliphatic hydroxyl groups is 1. The maximum atomic E-state index is 10.5. The third-order valence-corrected chi connectivity index (χ3v) is 3.28. The van der Waals surface area contributed by atoms with Crippen LogP contribution in [0.5, 0.6) is 0 Å². The first-order valence-electron chi connectivity index (χ1n) is 8.85. The number of hydrogen-bond donors (Lipinski definition) is 1. The summed E-state index contributed by atoms with van der Waals surface area (Å²) in [4.78, 5) is 15.7. The molecule has 0 radical (unpaired) electrons. The van der Waals surface area contributed by atoms with Crippen LogP contribution in [-0.4, -0.2) is 51.5 Å². The van der Waals surface area contributed by atoms with Gasteiger partial charge in [-0.3, -0.25) is 4.79 Å². The summed E-state index contributed by atoms with van der Waals surface area (Å²) >= 11 is 0. The smallest absolute Gasteiger partial charge is 0.150 e. The van der Waals surface area contributed by atoms with Gasteiger partial charge in [-0.05, 0) is 6.42 Å². The molecule has 0 saturated heterocycles. The molecule has 1 rings (SSSR count). The van der Waals surface area contributed by atoms with Crippen LogP contribution in [0.4, 0.5) is 5.69 Å². The van der Waals surface area contributed by atoms with E-state index in [9.17, 15) is 4.79 Å². The third kappa shape index (κ3) is 16.7. The van der Waals surface area contributed by atoms with Crippen LogP contribution in [0, 0.1) is 0 Å². The second kappa shape index (κ2) is 22.3. The molecule has 0 aliphatic heterocycles. The van der Waals surface area contributed by atoms with E-state index in [0.29, 0.717) is 37.7 Å². The van der Waals surface area contributed by atoms with E-state index in [0.717, 1.165) is 26.4 Å². The molecular formula is C19H32NO5W-. The van der Waals surface area contributed by atoms with Gasteiger partial charge in [0.1, 0.15) is 6.29 Å². The minimum Gasteiger partial charge on any atom is -0.562 e. The molecular weight excluding hydrogens is 506 g/mol. The molecule has 0 fully saturated rings. The number of unbranched alkanes of at least 4 members (excludes halogenated alkanes) is 4. The quantitative estimate of drug-likeness (QED) is 0.207. The van der Waals surface area contributed by atoms with Gasteiger partial charge < -0.3 is 24.9 Å². The Hall–Kier alpha value is -0.782. The van der Waals surface area contributed by atoms with E-state index in [1.54, 1.807) is 24.3 Å².